The van der Waals surface area contributed by atoms with Crippen molar-refractivity contribution < 1.29 is 23.0 Å². The Hall–Kier alpha value is -2.86. The van der Waals surface area contributed by atoms with Crippen molar-refractivity contribution in [3.05, 3.63) is 18.0 Å². The van der Waals surface area contributed by atoms with Crippen LogP contribution < -0.4 is 15.4 Å². The Morgan fingerprint density at radius 3 is 3.00 bits per heavy atom. The van der Waals surface area contributed by atoms with Gasteiger partial charge < -0.3 is 30.3 Å². The van der Waals surface area contributed by atoms with E-state index in [1.807, 2.05) is 6.92 Å². The minimum absolute atomic E-state index is 0.133. The number of ether oxygens (including phenoxy) is 3. The molecule has 146 valence electrons. The molecule has 0 radical (unpaired) electrons. The lowest BCUT2D eigenvalue weighted by molar-refractivity contribution is -0.0925. The smallest absolute Gasteiger partial charge is 0.388 e. The zero-order chi connectivity index (χ0) is 19.2. The molecule has 1 aliphatic heterocycles. The first kappa shape index (κ1) is 18.9. The molecule has 0 bridgehead atoms. The summed E-state index contributed by atoms with van der Waals surface area (Å²) in [4.78, 5) is 8.53. The van der Waals surface area contributed by atoms with E-state index < -0.39 is 6.61 Å². The Morgan fingerprint density at radius 1 is 1.44 bits per heavy atom. The molecule has 2 aromatic rings. The molecule has 0 aliphatic carbocycles. The lowest BCUT2D eigenvalue weighted by Crippen LogP contribution is -2.41. The van der Waals surface area contributed by atoms with Gasteiger partial charge in [0.05, 0.1) is 32.1 Å². The van der Waals surface area contributed by atoms with Crippen molar-refractivity contribution in [2.75, 3.05) is 30.5 Å². The molecule has 0 saturated carbocycles. The third-order valence-corrected chi connectivity index (χ3v) is 3.73. The van der Waals surface area contributed by atoms with Crippen LogP contribution in [0.25, 0.3) is 0 Å². The highest BCUT2D eigenvalue weighted by Gasteiger charge is 2.22. The molecule has 2 atom stereocenters. The van der Waals surface area contributed by atoms with E-state index in [9.17, 15) is 8.78 Å². The molecule has 1 saturated heterocycles. The standard InChI is InChI=1S/C15H19F2N7O3/c1-8(10-7-25-2-3-26-10)20-14-9(5-18)19-6-12(22-14)21-11-4-13(24-23-11)27-15(16)17/h4-6,8,10,15,18H,2-3,7H2,1H3,(H3,20,21,22,23,24)/t8-,10+/m0/s1. The van der Waals surface area contributed by atoms with E-state index in [0.717, 1.165) is 6.21 Å². The van der Waals surface area contributed by atoms with E-state index in [1.54, 1.807) is 0 Å². The Kier molecular flexibility index (Phi) is 6.08. The van der Waals surface area contributed by atoms with Crippen LogP contribution in [0, 0.1) is 5.41 Å². The summed E-state index contributed by atoms with van der Waals surface area (Å²) in [6.07, 6.45) is 2.33. The minimum Gasteiger partial charge on any atom is -0.415 e. The lowest BCUT2D eigenvalue weighted by Gasteiger charge is -2.29. The predicted molar refractivity (Wildman–Crippen MR) is 92.1 cm³/mol. The quantitative estimate of drug-likeness (QED) is 0.507. The second kappa shape index (κ2) is 8.68. The summed E-state index contributed by atoms with van der Waals surface area (Å²) in [6.45, 7) is 0.494. The monoisotopic (exact) mass is 383 g/mol. The highest BCUT2D eigenvalue weighted by atomic mass is 19.3. The van der Waals surface area contributed by atoms with Gasteiger partial charge in [-0.05, 0) is 6.92 Å². The number of hydrogen-bond donors (Lipinski definition) is 4. The number of aromatic amines is 1. The van der Waals surface area contributed by atoms with Gasteiger partial charge in [0.25, 0.3) is 0 Å². The lowest BCUT2D eigenvalue weighted by atomic mass is 10.2. The molecule has 27 heavy (non-hydrogen) atoms. The summed E-state index contributed by atoms with van der Waals surface area (Å²) < 4.78 is 39.6. The molecular formula is C15H19F2N7O3. The van der Waals surface area contributed by atoms with Crippen LogP contribution in [-0.2, 0) is 9.47 Å². The van der Waals surface area contributed by atoms with Gasteiger partial charge in [0.2, 0.25) is 5.88 Å². The van der Waals surface area contributed by atoms with Crippen molar-refractivity contribution in [2.24, 2.45) is 0 Å². The summed E-state index contributed by atoms with van der Waals surface area (Å²) in [6, 6.07) is 1.13. The summed E-state index contributed by atoms with van der Waals surface area (Å²) in [5, 5.41) is 19.6. The van der Waals surface area contributed by atoms with E-state index in [2.05, 4.69) is 35.5 Å². The van der Waals surface area contributed by atoms with Crippen molar-refractivity contribution in [3.63, 3.8) is 0 Å². The van der Waals surface area contributed by atoms with E-state index in [1.165, 1.54) is 12.3 Å². The molecule has 1 aliphatic rings. The number of nitrogens with one attached hydrogen (secondary N) is 4. The van der Waals surface area contributed by atoms with E-state index in [0.29, 0.717) is 43.0 Å². The number of anilines is 3. The number of halogens is 2. The van der Waals surface area contributed by atoms with Crippen LogP contribution in [-0.4, -0.2) is 65.0 Å². The Bertz CT molecular complexity index is 768. The fourth-order valence-corrected chi connectivity index (χ4v) is 2.43. The van der Waals surface area contributed by atoms with Crippen molar-refractivity contribution in [2.45, 2.75) is 25.7 Å². The fourth-order valence-electron chi connectivity index (χ4n) is 2.43. The van der Waals surface area contributed by atoms with Gasteiger partial charge in [-0.3, -0.25) is 5.10 Å². The first-order valence-corrected chi connectivity index (χ1v) is 8.16. The van der Waals surface area contributed by atoms with Crippen molar-refractivity contribution in [1.29, 1.82) is 5.41 Å². The van der Waals surface area contributed by atoms with Gasteiger partial charge in [0.1, 0.15) is 17.6 Å². The number of rotatable bonds is 8. The summed E-state index contributed by atoms with van der Waals surface area (Å²) in [7, 11) is 0. The van der Waals surface area contributed by atoms with Crippen molar-refractivity contribution >= 4 is 23.7 Å². The van der Waals surface area contributed by atoms with Crippen LogP contribution in [0.1, 0.15) is 12.6 Å². The number of nitrogens with zero attached hydrogens (tertiary/aromatic N) is 3. The van der Waals surface area contributed by atoms with Gasteiger partial charge >= 0.3 is 6.61 Å². The summed E-state index contributed by atoms with van der Waals surface area (Å²) in [5.41, 5.74) is 0.343. The maximum atomic E-state index is 12.2. The third-order valence-electron chi connectivity index (χ3n) is 3.73. The van der Waals surface area contributed by atoms with Gasteiger partial charge in [-0.2, -0.15) is 8.78 Å². The average molecular weight is 383 g/mol. The average Bonchev–Trinajstić information content (AvgIpc) is 3.08. The molecule has 0 aromatic carbocycles. The number of aromatic nitrogens is 4. The molecular weight excluding hydrogens is 364 g/mol. The second-order valence-corrected chi connectivity index (χ2v) is 5.67. The Morgan fingerprint density at radius 2 is 2.30 bits per heavy atom. The molecule has 4 N–H and O–H groups in total. The molecule has 0 spiro atoms. The van der Waals surface area contributed by atoms with Crippen LogP contribution in [0.5, 0.6) is 5.88 Å². The zero-order valence-corrected chi connectivity index (χ0v) is 14.4. The van der Waals surface area contributed by atoms with Crippen molar-refractivity contribution in [1.82, 2.24) is 20.2 Å². The highest BCUT2D eigenvalue weighted by molar-refractivity contribution is 5.82. The molecule has 3 heterocycles. The number of alkyl halides is 2. The SMILES string of the molecule is C[C@H](Nc1nc(Nc2cc(OC(F)F)n[nH]2)cnc1C=N)[C@H]1COCCO1. The molecule has 3 rings (SSSR count). The first-order valence-electron chi connectivity index (χ1n) is 8.16. The maximum absolute atomic E-state index is 12.2. The molecule has 2 aromatic heterocycles. The van der Waals surface area contributed by atoms with Gasteiger partial charge in [0.15, 0.2) is 11.6 Å². The van der Waals surface area contributed by atoms with Gasteiger partial charge in [-0.1, -0.05) is 0 Å². The predicted octanol–water partition coefficient (Wildman–Crippen LogP) is 1.76. The number of H-pyrrole nitrogens is 1. The molecule has 1 fully saturated rings. The number of hydrogen-bond acceptors (Lipinski definition) is 9. The van der Waals surface area contributed by atoms with E-state index in [4.69, 9.17) is 14.9 Å². The van der Waals surface area contributed by atoms with Gasteiger partial charge in [0, 0.05) is 12.3 Å². The van der Waals surface area contributed by atoms with Crippen LogP contribution in [0.3, 0.4) is 0 Å². The first-order chi connectivity index (χ1) is 13.0. The largest absolute Gasteiger partial charge is 0.415 e. The minimum atomic E-state index is -2.96. The molecule has 10 nitrogen and oxygen atoms in total. The normalized spacial score (nSPS) is 18.1. The van der Waals surface area contributed by atoms with Gasteiger partial charge in [-0.25, -0.2) is 9.97 Å². The van der Waals surface area contributed by atoms with Crippen LogP contribution >= 0.6 is 0 Å². The topological polar surface area (TPSA) is 130 Å². The fraction of sp³-hybridized carbons (Fsp3) is 0.467. The van der Waals surface area contributed by atoms with E-state index >= 15 is 0 Å². The Balaban J connectivity index is 1.70. The van der Waals surface area contributed by atoms with E-state index in [-0.39, 0.29) is 18.0 Å². The van der Waals surface area contributed by atoms with Crippen LogP contribution in [0.15, 0.2) is 12.3 Å². The van der Waals surface area contributed by atoms with Gasteiger partial charge in [-0.15, -0.1) is 5.10 Å². The molecule has 0 amide bonds. The maximum Gasteiger partial charge on any atom is 0.388 e. The van der Waals surface area contributed by atoms with Crippen molar-refractivity contribution in [3.8, 4) is 5.88 Å². The highest BCUT2D eigenvalue weighted by Crippen LogP contribution is 2.21. The van der Waals surface area contributed by atoms with Crippen LogP contribution in [0.2, 0.25) is 0 Å². The summed E-state index contributed by atoms with van der Waals surface area (Å²) >= 11 is 0. The second-order valence-electron chi connectivity index (χ2n) is 5.67. The third kappa shape index (κ3) is 5.08. The zero-order valence-electron chi connectivity index (χ0n) is 14.4. The Labute approximate surface area is 153 Å². The molecule has 12 heteroatoms. The molecule has 0 unspecified atom stereocenters. The summed E-state index contributed by atoms with van der Waals surface area (Å²) in [5.74, 6) is 0.743. The van der Waals surface area contributed by atoms with Crippen LogP contribution in [0.4, 0.5) is 26.2 Å².